The Kier molecular flexibility index (Phi) is 5.41. The maximum Gasteiger partial charge on any atom is 0.331 e. The molecule has 0 aliphatic heterocycles. The third-order valence-corrected chi connectivity index (χ3v) is 5.74. The van der Waals surface area contributed by atoms with Gasteiger partial charge in [-0.05, 0) is 31.9 Å². The third-order valence-electron chi connectivity index (χ3n) is 5.48. The van der Waals surface area contributed by atoms with Crippen LogP contribution in [0.15, 0.2) is 35.3 Å². The number of methoxy groups -OCH3 is 1. The van der Waals surface area contributed by atoms with E-state index in [0.717, 1.165) is 28.0 Å². The van der Waals surface area contributed by atoms with Gasteiger partial charge in [-0.1, -0.05) is 35.9 Å². The molecule has 0 saturated heterocycles. The third kappa shape index (κ3) is 3.63. The van der Waals surface area contributed by atoms with Crippen LogP contribution in [-0.2, 0) is 13.1 Å². The molecule has 160 valence electrons. The van der Waals surface area contributed by atoms with E-state index < -0.39 is 0 Å². The van der Waals surface area contributed by atoms with Crippen molar-refractivity contribution in [3.05, 3.63) is 74.0 Å². The molecule has 0 radical (unpaired) electrons. The average Bonchev–Trinajstić information content (AvgIpc) is 2.97. The summed E-state index contributed by atoms with van der Waals surface area (Å²) >= 11 is 6.42. The molecule has 3 heterocycles. The van der Waals surface area contributed by atoms with E-state index in [1.807, 2.05) is 45.0 Å². The van der Waals surface area contributed by atoms with E-state index in [9.17, 15) is 4.79 Å². The number of benzene rings is 1. The van der Waals surface area contributed by atoms with Crippen LogP contribution in [0.25, 0.3) is 11.2 Å². The number of aromatic nitrogens is 5. The number of pyridine rings is 1. The normalized spacial score (nSPS) is 11.3. The van der Waals surface area contributed by atoms with Gasteiger partial charge in [0.2, 0.25) is 5.95 Å². The Morgan fingerprint density at radius 2 is 1.81 bits per heavy atom. The van der Waals surface area contributed by atoms with E-state index in [2.05, 4.69) is 15.0 Å². The molecule has 0 amide bonds. The fraction of sp³-hybridized carbons (Fsp3) is 0.273. The second-order valence-electron chi connectivity index (χ2n) is 7.47. The highest BCUT2D eigenvalue weighted by molar-refractivity contribution is 6.33. The first-order valence-corrected chi connectivity index (χ1v) is 10.1. The number of hydrogen-bond donors (Lipinski definition) is 1. The van der Waals surface area contributed by atoms with Gasteiger partial charge in [-0.3, -0.25) is 14.1 Å². The number of imidazole rings is 1. The molecule has 0 bridgehead atoms. The Hall–Kier alpha value is -3.39. The first-order valence-electron chi connectivity index (χ1n) is 9.77. The van der Waals surface area contributed by atoms with Crippen molar-refractivity contribution in [1.29, 1.82) is 0 Å². The van der Waals surface area contributed by atoms with Crippen LogP contribution in [0, 0.1) is 20.8 Å². The molecular weight excluding hydrogens is 416 g/mol. The first kappa shape index (κ1) is 20.9. The van der Waals surface area contributed by atoms with Gasteiger partial charge < -0.3 is 10.5 Å². The standard InChI is InChI=1S/C22H23ClN6O2/c1-12-7-5-6-8-15(12)10-28-17-19(23)26-21(24)27-20(17)29(22(28)30)11-16-14(3)18(31-4)13(2)9-25-16/h5-9H,10-11H2,1-4H3,(H2,24,26,27). The summed E-state index contributed by atoms with van der Waals surface area (Å²) in [5, 5.41) is 0.137. The predicted octanol–water partition coefficient (Wildman–Crippen LogP) is 3.25. The molecule has 8 nitrogen and oxygen atoms in total. The lowest BCUT2D eigenvalue weighted by Gasteiger charge is -2.12. The van der Waals surface area contributed by atoms with E-state index in [4.69, 9.17) is 22.1 Å². The summed E-state index contributed by atoms with van der Waals surface area (Å²) < 4.78 is 8.62. The number of hydrogen-bond acceptors (Lipinski definition) is 6. The van der Waals surface area contributed by atoms with Gasteiger partial charge in [-0.25, -0.2) is 4.79 Å². The number of rotatable bonds is 5. The number of ether oxygens (including phenoxy) is 1. The maximum absolute atomic E-state index is 13.5. The van der Waals surface area contributed by atoms with Crippen LogP contribution in [0.1, 0.15) is 27.9 Å². The summed E-state index contributed by atoms with van der Waals surface area (Å²) in [7, 11) is 1.62. The highest BCUT2D eigenvalue weighted by Crippen LogP contribution is 2.26. The SMILES string of the molecule is COc1c(C)cnc(Cn2c(=O)n(Cc3ccccc3C)c3c(Cl)nc(N)nc32)c1C. The molecule has 31 heavy (non-hydrogen) atoms. The van der Waals surface area contributed by atoms with Crippen LogP contribution in [0.3, 0.4) is 0 Å². The zero-order valence-electron chi connectivity index (χ0n) is 17.8. The summed E-state index contributed by atoms with van der Waals surface area (Å²) in [5.74, 6) is 0.749. The van der Waals surface area contributed by atoms with Crippen LogP contribution in [-0.4, -0.2) is 31.2 Å². The lowest BCUT2D eigenvalue weighted by Crippen LogP contribution is -2.26. The van der Waals surface area contributed by atoms with Gasteiger partial charge in [0.25, 0.3) is 0 Å². The van der Waals surface area contributed by atoms with Gasteiger partial charge in [0.1, 0.15) is 11.3 Å². The van der Waals surface area contributed by atoms with Crippen molar-refractivity contribution < 1.29 is 4.74 Å². The Morgan fingerprint density at radius 3 is 2.52 bits per heavy atom. The number of halogens is 1. The number of fused-ring (bicyclic) bond motifs is 1. The number of nitrogens with two attached hydrogens (primary N) is 1. The molecule has 9 heteroatoms. The van der Waals surface area contributed by atoms with E-state index in [1.54, 1.807) is 17.9 Å². The maximum atomic E-state index is 13.5. The monoisotopic (exact) mass is 438 g/mol. The molecule has 0 spiro atoms. The van der Waals surface area contributed by atoms with Crippen molar-refractivity contribution in [1.82, 2.24) is 24.1 Å². The molecule has 2 N–H and O–H groups in total. The van der Waals surface area contributed by atoms with Crippen molar-refractivity contribution in [2.75, 3.05) is 12.8 Å². The van der Waals surface area contributed by atoms with E-state index in [-0.39, 0.29) is 23.3 Å². The molecule has 0 saturated carbocycles. The number of aryl methyl sites for hydroxylation is 2. The van der Waals surface area contributed by atoms with Crippen molar-refractivity contribution in [2.24, 2.45) is 0 Å². The summed E-state index contributed by atoms with van der Waals surface area (Å²) in [6, 6.07) is 7.88. The van der Waals surface area contributed by atoms with Gasteiger partial charge in [-0.15, -0.1) is 0 Å². The Balaban J connectivity index is 1.92. The van der Waals surface area contributed by atoms with Gasteiger partial charge >= 0.3 is 5.69 Å². The van der Waals surface area contributed by atoms with Crippen molar-refractivity contribution >= 4 is 28.7 Å². The predicted molar refractivity (Wildman–Crippen MR) is 121 cm³/mol. The second-order valence-corrected chi connectivity index (χ2v) is 7.83. The number of nitrogens with zero attached hydrogens (tertiary/aromatic N) is 5. The largest absolute Gasteiger partial charge is 0.496 e. The second kappa shape index (κ2) is 8.03. The van der Waals surface area contributed by atoms with Crippen LogP contribution in [0.2, 0.25) is 5.15 Å². The molecule has 0 atom stereocenters. The van der Waals surface area contributed by atoms with Crippen molar-refractivity contribution in [2.45, 2.75) is 33.9 Å². The highest BCUT2D eigenvalue weighted by Gasteiger charge is 2.21. The summed E-state index contributed by atoms with van der Waals surface area (Å²) in [5.41, 5.74) is 11.0. The zero-order chi connectivity index (χ0) is 22.3. The molecule has 0 aliphatic rings. The Morgan fingerprint density at radius 1 is 1.06 bits per heavy atom. The molecule has 1 aromatic carbocycles. The van der Waals surface area contributed by atoms with Crippen LogP contribution in [0.4, 0.5) is 5.95 Å². The van der Waals surface area contributed by atoms with Gasteiger partial charge in [0.15, 0.2) is 10.8 Å². The minimum Gasteiger partial charge on any atom is -0.496 e. The molecule has 0 aliphatic carbocycles. The molecule has 0 fully saturated rings. The minimum atomic E-state index is -0.263. The number of anilines is 1. The van der Waals surface area contributed by atoms with Gasteiger partial charge in [0.05, 0.1) is 25.9 Å². The lowest BCUT2D eigenvalue weighted by atomic mass is 10.1. The van der Waals surface area contributed by atoms with Crippen molar-refractivity contribution in [3.8, 4) is 5.75 Å². The van der Waals surface area contributed by atoms with E-state index >= 15 is 0 Å². The fourth-order valence-corrected chi connectivity index (χ4v) is 4.08. The fourth-order valence-electron chi connectivity index (χ4n) is 3.81. The van der Waals surface area contributed by atoms with Crippen molar-refractivity contribution in [3.63, 3.8) is 0 Å². The average molecular weight is 439 g/mol. The minimum absolute atomic E-state index is 0.00506. The molecule has 4 aromatic rings. The van der Waals surface area contributed by atoms with Gasteiger partial charge in [-0.2, -0.15) is 9.97 Å². The Labute approximate surface area is 184 Å². The molecule has 0 unspecified atom stereocenters. The Bertz CT molecular complexity index is 1360. The van der Waals surface area contributed by atoms with E-state index in [1.165, 1.54) is 4.57 Å². The molecule has 3 aromatic heterocycles. The van der Waals surface area contributed by atoms with Gasteiger partial charge in [0, 0.05) is 17.3 Å². The van der Waals surface area contributed by atoms with Crippen LogP contribution < -0.4 is 16.2 Å². The smallest absolute Gasteiger partial charge is 0.331 e. The molecular formula is C22H23ClN6O2. The van der Waals surface area contributed by atoms with Crippen LogP contribution >= 0.6 is 11.6 Å². The summed E-state index contributed by atoms with van der Waals surface area (Å²) in [4.78, 5) is 26.4. The summed E-state index contributed by atoms with van der Waals surface area (Å²) in [6.45, 7) is 6.39. The first-order chi connectivity index (χ1) is 14.8. The highest BCUT2D eigenvalue weighted by atomic mass is 35.5. The quantitative estimate of drug-likeness (QED) is 0.480. The van der Waals surface area contributed by atoms with E-state index in [0.29, 0.717) is 23.4 Å². The molecule has 4 rings (SSSR count). The lowest BCUT2D eigenvalue weighted by molar-refractivity contribution is 0.406. The number of nitrogen functional groups attached to an aromatic ring is 1. The topological polar surface area (TPSA) is 101 Å². The zero-order valence-corrected chi connectivity index (χ0v) is 18.6. The summed E-state index contributed by atoms with van der Waals surface area (Å²) in [6.07, 6.45) is 1.73. The van der Waals surface area contributed by atoms with Crippen LogP contribution in [0.5, 0.6) is 5.75 Å².